The van der Waals surface area contributed by atoms with E-state index in [-0.39, 0.29) is 11.7 Å². The number of carbonyl (C=O) groups excluding carboxylic acids is 1. The number of rotatable bonds is 2. The molecule has 0 atom stereocenters. The molecule has 2 aromatic rings. The summed E-state index contributed by atoms with van der Waals surface area (Å²) in [5.74, 6) is 0.00988. The van der Waals surface area contributed by atoms with Gasteiger partial charge in [0, 0.05) is 16.8 Å². The van der Waals surface area contributed by atoms with Crippen LogP contribution in [-0.2, 0) is 6.54 Å². The predicted molar refractivity (Wildman–Crippen MR) is 75.9 cm³/mol. The number of oxime groups is 1. The highest BCUT2D eigenvalue weighted by molar-refractivity contribution is 6.10. The van der Waals surface area contributed by atoms with Gasteiger partial charge in [0.25, 0.3) is 5.91 Å². The molecule has 5 nitrogen and oxygen atoms in total. The van der Waals surface area contributed by atoms with E-state index in [1.54, 1.807) is 23.1 Å². The first-order valence-corrected chi connectivity index (χ1v) is 6.18. The quantitative estimate of drug-likeness (QED) is 0.378. The maximum Gasteiger partial charge on any atom is 0.258 e. The van der Waals surface area contributed by atoms with Gasteiger partial charge in [-0.1, -0.05) is 29.4 Å². The summed E-state index contributed by atoms with van der Waals surface area (Å²) in [5.41, 5.74) is 8.57. The number of carbonyl (C=O) groups is 1. The molecule has 0 aliphatic carbocycles. The van der Waals surface area contributed by atoms with E-state index in [0.29, 0.717) is 17.7 Å². The lowest BCUT2D eigenvalue weighted by atomic mass is 10.1. The minimum Gasteiger partial charge on any atom is -0.409 e. The molecule has 0 fully saturated rings. The molecule has 2 aromatic carbocycles. The lowest BCUT2D eigenvalue weighted by molar-refractivity contribution is 0.0996. The van der Waals surface area contributed by atoms with E-state index in [2.05, 4.69) is 5.16 Å². The molecule has 100 valence electrons. The second-order valence-corrected chi connectivity index (χ2v) is 4.58. The maximum atomic E-state index is 12.4. The van der Waals surface area contributed by atoms with Crippen LogP contribution in [0.25, 0.3) is 0 Å². The van der Waals surface area contributed by atoms with Crippen molar-refractivity contribution in [2.75, 3.05) is 4.90 Å². The topological polar surface area (TPSA) is 78.9 Å². The number of benzene rings is 2. The Bertz CT molecular complexity index is 696. The van der Waals surface area contributed by atoms with Crippen molar-refractivity contribution in [2.24, 2.45) is 10.9 Å². The molecule has 3 rings (SSSR count). The molecule has 0 radical (unpaired) electrons. The first kappa shape index (κ1) is 12.2. The molecule has 0 spiro atoms. The number of hydrogen-bond acceptors (Lipinski definition) is 3. The van der Waals surface area contributed by atoms with E-state index in [1.807, 2.05) is 30.3 Å². The summed E-state index contributed by atoms with van der Waals surface area (Å²) in [6.07, 6.45) is 0. The fourth-order valence-electron chi connectivity index (χ4n) is 2.35. The molecule has 1 heterocycles. The molecular weight excluding hydrogens is 254 g/mol. The van der Waals surface area contributed by atoms with Gasteiger partial charge in [0.1, 0.15) is 0 Å². The lowest BCUT2D eigenvalue weighted by Gasteiger charge is -2.15. The van der Waals surface area contributed by atoms with E-state index in [4.69, 9.17) is 10.9 Å². The molecule has 0 saturated carbocycles. The summed E-state index contributed by atoms with van der Waals surface area (Å²) in [6, 6.07) is 14.7. The second-order valence-electron chi connectivity index (χ2n) is 4.58. The van der Waals surface area contributed by atoms with Gasteiger partial charge in [-0.15, -0.1) is 0 Å². The maximum absolute atomic E-state index is 12.4. The highest BCUT2D eigenvalue weighted by Gasteiger charge is 2.28. The highest BCUT2D eigenvalue weighted by atomic mass is 16.4. The van der Waals surface area contributed by atoms with Crippen LogP contribution in [-0.4, -0.2) is 17.0 Å². The van der Waals surface area contributed by atoms with Crippen LogP contribution in [0.15, 0.2) is 53.7 Å². The third kappa shape index (κ3) is 1.89. The van der Waals surface area contributed by atoms with Crippen molar-refractivity contribution < 1.29 is 10.0 Å². The number of amides is 1. The first-order chi connectivity index (χ1) is 9.70. The summed E-state index contributed by atoms with van der Waals surface area (Å²) >= 11 is 0. The van der Waals surface area contributed by atoms with Gasteiger partial charge >= 0.3 is 0 Å². The van der Waals surface area contributed by atoms with Crippen molar-refractivity contribution in [3.8, 4) is 0 Å². The number of anilines is 1. The van der Waals surface area contributed by atoms with E-state index < -0.39 is 0 Å². The normalized spacial score (nSPS) is 14.5. The minimum atomic E-state index is -0.0303. The summed E-state index contributed by atoms with van der Waals surface area (Å²) in [7, 11) is 0. The molecule has 0 unspecified atom stereocenters. The van der Waals surface area contributed by atoms with Crippen LogP contribution in [0.4, 0.5) is 5.69 Å². The van der Waals surface area contributed by atoms with Gasteiger partial charge in [-0.3, -0.25) is 4.79 Å². The molecular formula is C15H13N3O2. The second kappa shape index (κ2) is 4.70. The number of nitrogens with two attached hydrogens (primary N) is 1. The van der Waals surface area contributed by atoms with Crippen molar-refractivity contribution >= 4 is 17.4 Å². The number of nitrogens with zero attached hydrogens (tertiary/aromatic N) is 2. The third-order valence-corrected chi connectivity index (χ3v) is 3.38. The minimum absolute atomic E-state index is 0.0303. The van der Waals surface area contributed by atoms with Crippen molar-refractivity contribution in [1.82, 2.24) is 0 Å². The summed E-state index contributed by atoms with van der Waals surface area (Å²) in [4.78, 5) is 14.1. The molecule has 0 saturated heterocycles. The van der Waals surface area contributed by atoms with Crippen LogP contribution in [0.2, 0.25) is 0 Å². The van der Waals surface area contributed by atoms with Crippen LogP contribution in [0.3, 0.4) is 0 Å². The lowest BCUT2D eigenvalue weighted by Crippen LogP contribution is -2.22. The van der Waals surface area contributed by atoms with Crippen LogP contribution >= 0.6 is 0 Å². The van der Waals surface area contributed by atoms with Gasteiger partial charge < -0.3 is 15.8 Å². The summed E-state index contributed by atoms with van der Waals surface area (Å²) in [5, 5.41) is 11.7. The fraction of sp³-hybridized carbons (Fsp3) is 0.0667. The average Bonchev–Trinajstić information content (AvgIpc) is 2.84. The molecule has 0 bridgehead atoms. The van der Waals surface area contributed by atoms with Crippen LogP contribution < -0.4 is 10.6 Å². The Labute approximate surface area is 115 Å². The van der Waals surface area contributed by atoms with Gasteiger partial charge in [0.2, 0.25) is 0 Å². The predicted octanol–water partition coefficient (Wildman–Crippen LogP) is 1.94. The zero-order valence-corrected chi connectivity index (χ0v) is 10.7. The Morgan fingerprint density at radius 1 is 1.20 bits per heavy atom. The smallest absolute Gasteiger partial charge is 0.258 e. The van der Waals surface area contributed by atoms with Gasteiger partial charge in [-0.25, -0.2) is 0 Å². The van der Waals surface area contributed by atoms with Gasteiger partial charge in [0.15, 0.2) is 5.84 Å². The number of amidine groups is 1. The Kier molecular flexibility index (Phi) is 2.87. The van der Waals surface area contributed by atoms with Crippen molar-refractivity contribution in [2.45, 2.75) is 6.54 Å². The van der Waals surface area contributed by atoms with Gasteiger partial charge in [-0.2, -0.15) is 0 Å². The summed E-state index contributed by atoms with van der Waals surface area (Å²) in [6.45, 7) is 0.491. The molecule has 1 aliphatic rings. The largest absolute Gasteiger partial charge is 0.409 e. The number of para-hydroxylation sites is 1. The fourth-order valence-corrected chi connectivity index (χ4v) is 2.35. The molecule has 0 aromatic heterocycles. The Morgan fingerprint density at radius 3 is 2.65 bits per heavy atom. The number of fused-ring (bicyclic) bond motifs is 1. The van der Waals surface area contributed by atoms with Crippen LogP contribution in [0.5, 0.6) is 0 Å². The Hall–Kier alpha value is -2.82. The molecule has 5 heteroatoms. The monoisotopic (exact) mass is 267 g/mol. The average molecular weight is 267 g/mol. The standard InChI is InChI=1S/C15H13N3O2/c16-14(17-20)10-6-7-13-11(8-10)9-18(15(13)19)12-4-2-1-3-5-12/h1-8,20H,9H2,(H2,16,17). The highest BCUT2D eigenvalue weighted by Crippen LogP contribution is 2.28. The van der Waals surface area contributed by atoms with E-state index >= 15 is 0 Å². The Balaban J connectivity index is 1.98. The molecule has 1 amide bonds. The molecule has 20 heavy (non-hydrogen) atoms. The van der Waals surface area contributed by atoms with Crippen molar-refractivity contribution in [1.29, 1.82) is 0 Å². The summed E-state index contributed by atoms with van der Waals surface area (Å²) < 4.78 is 0. The van der Waals surface area contributed by atoms with Crippen molar-refractivity contribution in [3.63, 3.8) is 0 Å². The Morgan fingerprint density at radius 2 is 1.95 bits per heavy atom. The number of hydrogen-bond donors (Lipinski definition) is 2. The van der Waals surface area contributed by atoms with Crippen molar-refractivity contribution in [3.05, 3.63) is 65.2 Å². The third-order valence-electron chi connectivity index (χ3n) is 3.38. The van der Waals surface area contributed by atoms with E-state index in [1.165, 1.54) is 0 Å². The van der Waals surface area contributed by atoms with E-state index in [9.17, 15) is 4.79 Å². The SMILES string of the molecule is NC(=NO)c1ccc2c(c1)CN(c1ccccc1)C2=O. The van der Waals surface area contributed by atoms with Gasteiger partial charge in [0.05, 0.1) is 6.54 Å². The van der Waals surface area contributed by atoms with E-state index in [0.717, 1.165) is 11.3 Å². The van der Waals surface area contributed by atoms with Crippen LogP contribution in [0.1, 0.15) is 21.5 Å². The zero-order chi connectivity index (χ0) is 14.1. The molecule has 1 aliphatic heterocycles. The van der Waals surface area contributed by atoms with Crippen LogP contribution in [0, 0.1) is 0 Å². The van der Waals surface area contributed by atoms with Gasteiger partial charge in [-0.05, 0) is 29.8 Å². The first-order valence-electron chi connectivity index (χ1n) is 6.18. The molecule has 3 N–H and O–H groups in total. The zero-order valence-electron chi connectivity index (χ0n) is 10.7.